The molecule has 1 heterocycles. The van der Waals surface area contributed by atoms with Crippen molar-refractivity contribution in [3.05, 3.63) is 6.20 Å². The Balaban J connectivity index is 1.89. The van der Waals surface area contributed by atoms with Crippen molar-refractivity contribution in [2.45, 2.75) is 52.0 Å². The molecule has 1 aliphatic rings. The van der Waals surface area contributed by atoms with E-state index in [0.717, 1.165) is 5.00 Å². The summed E-state index contributed by atoms with van der Waals surface area (Å²) in [5.74, 6) is 0. The summed E-state index contributed by atoms with van der Waals surface area (Å²) in [5.41, 5.74) is 0.530. The van der Waals surface area contributed by atoms with Gasteiger partial charge in [-0.25, -0.2) is 0 Å². The summed E-state index contributed by atoms with van der Waals surface area (Å²) in [7, 11) is 0. The minimum absolute atomic E-state index is 0.530. The number of rotatable bonds is 2. The van der Waals surface area contributed by atoms with Crippen molar-refractivity contribution < 1.29 is 0 Å². The van der Waals surface area contributed by atoms with E-state index in [-0.39, 0.29) is 0 Å². The van der Waals surface area contributed by atoms with Gasteiger partial charge in [0.2, 0.25) is 0 Å². The topological polar surface area (TPSA) is 37.8 Å². The van der Waals surface area contributed by atoms with Crippen LogP contribution in [0.25, 0.3) is 0 Å². The molecule has 2 rings (SSSR count). The molecule has 1 aromatic rings. The molecule has 0 radical (unpaired) electrons. The third-order valence-electron chi connectivity index (χ3n) is 3.28. The lowest BCUT2D eigenvalue weighted by Crippen LogP contribution is -2.18. The summed E-state index contributed by atoms with van der Waals surface area (Å²) in [4.78, 5) is 0. The molecule has 1 fully saturated rings. The Bertz CT molecular complexity index is 295. The molecule has 1 unspecified atom stereocenters. The molecule has 84 valence electrons. The van der Waals surface area contributed by atoms with E-state index >= 15 is 0 Å². The van der Waals surface area contributed by atoms with Gasteiger partial charge in [0.15, 0.2) is 0 Å². The van der Waals surface area contributed by atoms with Crippen LogP contribution >= 0.6 is 11.5 Å². The van der Waals surface area contributed by atoms with Crippen molar-refractivity contribution >= 4 is 16.5 Å². The fourth-order valence-corrected chi connectivity index (χ4v) is 2.73. The van der Waals surface area contributed by atoms with Crippen LogP contribution in [0.15, 0.2) is 6.20 Å². The Hall–Kier alpha value is -0.640. The highest BCUT2D eigenvalue weighted by Crippen LogP contribution is 2.34. The van der Waals surface area contributed by atoms with Gasteiger partial charge >= 0.3 is 0 Å². The molecule has 0 amide bonds. The Kier molecular flexibility index (Phi) is 3.24. The zero-order valence-corrected chi connectivity index (χ0v) is 10.3. The highest BCUT2D eigenvalue weighted by molar-refractivity contribution is 7.09. The predicted molar refractivity (Wildman–Crippen MR) is 64.2 cm³/mol. The van der Waals surface area contributed by atoms with Gasteiger partial charge in [0, 0.05) is 17.6 Å². The first-order valence-corrected chi connectivity index (χ1v) is 6.47. The minimum Gasteiger partial charge on any atom is -0.372 e. The maximum absolute atomic E-state index is 3.87. The zero-order valence-electron chi connectivity index (χ0n) is 9.49. The molecule has 0 aromatic carbocycles. The Morgan fingerprint density at radius 2 is 2.27 bits per heavy atom. The number of anilines is 1. The van der Waals surface area contributed by atoms with Gasteiger partial charge in [0.1, 0.15) is 5.00 Å². The second-order valence-electron chi connectivity index (χ2n) is 5.22. The first kappa shape index (κ1) is 10.9. The lowest BCUT2D eigenvalue weighted by atomic mass is 9.85. The number of nitrogens with zero attached hydrogens (tertiary/aromatic N) is 2. The van der Waals surface area contributed by atoms with Gasteiger partial charge in [0.05, 0.1) is 6.20 Å². The zero-order chi connectivity index (χ0) is 10.7. The van der Waals surface area contributed by atoms with Crippen LogP contribution in [-0.2, 0) is 0 Å². The maximum atomic E-state index is 3.87. The van der Waals surface area contributed by atoms with Crippen molar-refractivity contribution in [1.29, 1.82) is 0 Å². The lowest BCUT2D eigenvalue weighted by molar-refractivity contribution is 0.313. The molecular weight excluding hydrogens is 206 g/mol. The van der Waals surface area contributed by atoms with E-state index in [1.54, 1.807) is 0 Å². The second kappa shape index (κ2) is 4.47. The smallest absolute Gasteiger partial charge is 0.130 e. The fourth-order valence-electron chi connectivity index (χ4n) is 2.24. The Morgan fingerprint density at radius 3 is 3.00 bits per heavy atom. The number of nitrogens with one attached hydrogen (secondary N) is 1. The first-order chi connectivity index (χ1) is 7.16. The van der Waals surface area contributed by atoms with E-state index in [9.17, 15) is 0 Å². The van der Waals surface area contributed by atoms with Crippen LogP contribution in [0.2, 0.25) is 0 Å². The molecule has 0 bridgehead atoms. The van der Waals surface area contributed by atoms with Gasteiger partial charge < -0.3 is 5.32 Å². The van der Waals surface area contributed by atoms with E-state index < -0.39 is 0 Å². The summed E-state index contributed by atoms with van der Waals surface area (Å²) < 4.78 is 3.87. The molecule has 1 atom stereocenters. The molecule has 1 saturated carbocycles. The van der Waals surface area contributed by atoms with Crippen molar-refractivity contribution in [2.75, 3.05) is 5.32 Å². The highest BCUT2D eigenvalue weighted by Gasteiger charge is 2.24. The van der Waals surface area contributed by atoms with Crippen LogP contribution in [0.5, 0.6) is 0 Å². The van der Waals surface area contributed by atoms with E-state index in [0.29, 0.717) is 11.5 Å². The monoisotopic (exact) mass is 225 g/mol. The van der Waals surface area contributed by atoms with Crippen LogP contribution in [-0.4, -0.2) is 15.6 Å². The SMILES string of the molecule is CC1(C)CCCC(Nc2cnns2)CC1. The molecule has 0 saturated heterocycles. The molecule has 0 spiro atoms. The van der Waals surface area contributed by atoms with Crippen molar-refractivity contribution in [3.63, 3.8) is 0 Å². The summed E-state index contributed by atoms with van der Waals surface area (Å²) in [6, 6.07) is 0.619. The molecule has 3 nitrogen and oxygen atoms in total. The summed E-state index contributed by atoms with van der Waals surface area (Å²) >= 11 is 1.45. The number of hydrogen-bond acceptors (Lipinski definition) is 4. The van der Waals surface area contributed by atoms with Gasteiger partial charge in [-0.3, -0.25) is 0 Å². The Labute approximate surface area is 95.4 Å². The number of aromatic nitrogens is 2. The van der Waals surface area contributed by atoms with E-state index in [1.807, 2.05) is 6.20 Å². The normalized spacial score (nSPS) is 25.9. The van der Waals surface area contributed by atoms with Crippen LogP contribution < -0.4 is 5.32 Å². The molecule has 0 aliphatic heterocycles. The lowest BCUT2D eigenvalue weighted by Gasteiger charge is -2.22. The quantitative estimate of drug-likeness (QED) is 0.785. The molecule has 15 heavy (non-hydrogen) atoms. The van der Waals surface area contributed by atoms with Crippen molar-refractivity contribution in [2.24, 2.45) is 5.41 Å². The first-order valence-electron chi connectivity index (χ1n) is 5.70. The molecule has 1 aliphatic carbocycles. The molecule has 1 aromatic heterocycles. The third kappa shape index (κ3) is 3.16. The van der Waals surface area contributed by atoms with Crippen LogP contribution in [0.4, 0.5) is 5.00 Å². The standard InChI is InChI=1S/C11H19N3S/c1-11(2)6-3-4-9(5-7-11)13-10-8-12-14-15-10/h8-9,13H,3-7H2,1-2H3. The van der Waals surface area contributed by atoms with E-state index in [4.69, 9.17) is 0 Å². The van der Waals surface area contributed by atoms with Gasteiger partial charge in [-0.2, -0.15) is 0 Å². The number of hydrogen-bond donors (Lipinski definition) is 1. The summed E-state index contributed by atoms with van der Waals surface area (Å²) in [6.45, 7) is 4.76. The maximum Gasteiger partial charge on any atom is 0.130 e. The van der Waals surface area contributed by atoms with Crippen LogP contribution in [0.3, 0.4) is 0 Å². The molecular formula is C11H19N3S. The van der Waals surface area contributed by atoms with Crippen molar-refractivity contribution in [3.8, 4) is 0 Å². The average molecular weight is 225 g/mol. The van der Waals surface area contributed by atoms with Gasteiger partial charge in [0.25, 0.3) is 0 Å². The van der Waals surface area contributed by atoms with Crippen LogP contribution in [0, 0.1) is 5.41 Å². The minimum atomic E-state index is 0.530. The van der Waals surface area contributed by atoms with Gasteiger partial charge in [-0.1, -0.05) is 24.8 Å². The summed E-state index contributed by atoms with van der Waals surface area (Å²) in [5, 5.41) is 8.49. The van der Waals surface area contributed by atoms with Gasteiger partial charge in [-0.15, -0.1) is 5.10 Å². The fraction of sp³-hybridized carbons (Fsp3) is 0.818. The van der Waals surface area contributed by atoms with E-state index in [1.165, 1.54) is 43.6 Å². The average Bonchev–Trinajstić information content (AvgIpc) is 2.60. The largest absolute Gasteiger partial charge is 0.372 e. The highest BCUT2D eigenvalue weighted by atomic mass is 32.1. The van der Waals surface area contributed by atoms with E-state index in [2.05, 4.69) is 28.8 Å². The van der Waals surface area contributed by atoms with Crippen LogP contribution in [0.1, 0.15) is 46.0 Å². The summed E-state index contributed by atoms with van der Waals surface area (Å²) in [6.07, 6.45) is 8.37. The van der Waals surface area contributed by atoms with Crippen molar-refractivity contribution in [1.82, 2.24) is 9.59 Å². The Morgan fingerprint density at radius 1 is 1.40 bits per heavy atom. The van der Waals surface area contributed by atoms with Gasteiger partial charge in [-0.05, 0) is 31.1 Å². The molecule has 1 N–H and O–H groups in total. The molecule has 4 heteroatoms. The third-order valence-corrected chi connectivity index (χ3v) is 3.88. The second-order valence-corrected chi connectivity index (χ2v) is 6.00. The predicted octanol–water partition coefficient (Wildman–Crippen LogP) is 3.31.